The first-order valence-electron chi connectivity index (χ1n) is 5.14. The van der Waals surface area contributed by atoms with Crippen LogP contribution >= 0.6 is 0 Å². The summed E-state index contributed by atoms with van der Waals surface area (Å²) in [4.78, 5) is 4.45. The summed E-state index contributed by atoms with van der Waals surface area (Å²) in [5, 5.41) is 0. The van der Waals surface area contributed by atoms with E-state index in [9.17, 15) is 0 Å². The largest absolute Gasteiger partial charge is 0.342 e. The van der Waals surface area contributed by atoms with E-state index in [0.29, 0.717) is 0 Å². The molecule has 2 heteroatoms. The highest BCUT2D eigenvalue weighted by Gasteiger charge is 2.12. The third-order valence-corrected chi connectivity index (χ3v) is 2.87. The fourth-order valence-corrected chi connectivity index (χ4v) is 2.12. The summed E-state index contributed by atoms with van der Waals surface area (Å²) in [5.74, 6) is 0. The Hall–Kier alpha value is -1.83. The first-order valence-corrected chi connectivity index (χ1v) is 5.14. The van der Waals surface area contributed by atoms with E-state index in [1.165, 1.54) is 16.8 Å². The molecule has 0 unspecified atom stereocenters. The van der Waals surface area contributed by atoms with Gasteiger partial charge in [0.2, 0.25) is 0 Å². The summed E-state index contributed by atoms with van der Waals surface area (Å²) in [6.45, 7) is 0. The summed E-state index contributed by atoms with van der Waals surface area (Å²) < 4.78 is 2.20. The molecule has 2 aromatic heterocycles. The van der Waals surface area contributed by atoms with E-state index in [2.05, 4.69) is 47.0 Å². The highest BCUT2D eigenvalue weighted by Crippen LogP contribution is 2.27. The highest BCUT2D eigenvalue weighted by atomic mass is 15.0. The molecule has 1 aliphatic rings. The molecule has 0 atom stereocenters. The first kappa shape index (κ1) is 8.48. The van der Waals surface area contributed by atoms with Crippen LogP contribution in [-0.2, 0) is 7.05 Å². The maximum atomic E-state index is 4.45. The molecule has 74 valence electrons. The molecule has 0 saturated heterocycles. The minimum absolute atomic E-state index is 1.00. The van der Waals surface area contributed by atoms with Crippen LogP contribution in [0.2, 0.25) is 0 Å². The van der Waals surface area contributed by atoms with Crippen molar-refractivity contribution in [2.75, 3.05) is 0 Å². The van der Waals surface area contributed by atoms with Gasteiger partial charge in [-0.15, -0.1) is 0 Å². The Morgan fingerprint density at radius 1 is 1.27 bits per heavy atom. The van der Waals surface area contributed by atoms with Crippen LogP contribution in [0.15, 0.2) is 30.5 Å². The van der Waals surface area contributed by atoms with Gasteiger partial charge in [-0.25, -0.2) is 0 Å². The lowest BCUT2D eigenvalue weighted by Gasteiger charge is -1.98. The smallest absolute Gasteiger partial charge is 0.0959 e. The Morgan fingerprint density at radius 2 is 2.13 bits per heavy atom. The quantitative estimate of drug-likeness (QED) is 0.633. The molecule has 15 heavy (non-hydrogen) atoms. The fourth-order valence-electron chi connectivity index (χ4n) is 2.12. The van der Waals surface area contributed by atoms with Gasteiger partial charge in [-0.05, 0) is 24.6 Å². The summed E-state index contributed by atoms with van der Waals surface area (Å²) in [5.41, 5.74) is 4.77. The molecule has 0 aromatic carbocycles. The Kier molecular flexibility index (Phi) is 1.75. The van der Waals surface area contributed by atoms with E-state index in [4.69, 9.17) is 0 Å². The minimum atomic E-state index is 1.00. The van der Waals surface area contributed by atoms with Gasteiger partial charge in [0, 0.05) is 18.8 Å². The summed E-state index contributed by atoms with van der Waals surface area (Å²) in [6, 6.07) is 4.09. The molecule has 0 aliphatic heterocycles. The summed E-state index contributed by atoms with van der Waals surface area (Å²) >= 11 is 0. The van der Waals surface area contributed by atoms with Gasteiger partial charge in [0.05, 0.1) is 16.7 Å². The number of rotatable bonds is 0. The SMILES string of the molecule is Cn1c2c(c3ncccc31)C=CCC=C2. The number of aromatic nitrogens is 2. The summed E-state index contributed by atoms with van der Waals surface area (Å²) in [6.07, 6.45) is 11.6. The molecule has 2 heterocycles. The van der Waals surface area contributed by atoms with Crippen LogP contribution in [0.3, 0.4) is 0 Å². The zero-order chi connectivity index (χ0) is 10.3. The Labute approximate surface area is 88.6 Å². The van der Waals surface area contributed by atoms with Crippen molar-refractivity contribution in [1.82, 2.24) is 9.55 Å². The topological polar surface area (TPSA) is 17.8 Å². The van der Waals surface area contributed by atoms with Gasteiger partial charge in [0.1, 0.15) is 0 Å². The standard InChI is InChI=1S/C13H12N2/c1-15-11-7-4-2-3-6-10(11)13-12(15)8-5-9-14-13/h3-9H,2H2,1H3. The molecule has 0 N–H and O–H groups in total. The molecule has 0 spiro atoms. The van der Waals surface area contributed by atoms with Gasteiger partial charge in [0.15, 0.2) is 0 Å². The predicted octanol–water partition coefficient (Wildman–Crippen LogP) is 3.00. The molecule has 1 aliphatic carbocycles. The predicted molar refractivity (Wildman–Crippen MR) is 63.4 cm³/mol. The minimum Gasteiger partial charge on any atom is -0.342 e. The number of nitrogens with zero attached hydrogens (tertiary/aromatic N) is 2. The van der Waals surface area contributed by atoms with Crippen molar-refractivity contribution in [2.45, 2.75) is 6.42 Å². The Morgan fingerprint density at radius 3 is 3.07 bits per heavy atom. The average molecular weight is 196 g/mol. The summed E-state index contributed by atoms with van der Waals surface area (Å²) in [7, 11) is 2.09. The van der Waals surface area contributed by atoms with Crippen molar-refractivity contribution >= 4 is 23.2 Å². The van der Waals surface area contributed by atoms with E-state index in [0.717, 1.165) is 11.9 Å². The lowest BCUT2D eigenvalue weighted by atomic mass is 10.2. The van der Waals surface area contributed by atoms with E-state index in [1.807, 2.05) is 12.3 Å². The van der Waals surface area contributed by atoms with Crippen LogP contribution in [-0.4, -0.2) is 9.55 Å². The third-order valence-electron chi connectivity index (χ3n) is 2.87. The van der Waals surface area contributed by atoms with Crippen LogP contribution in [0.5, 0.6) is 0 Å². The second-order valence-corrected chi connectivity index (χ2v) is 3.77. The Bertz CT molecular complexity index is 573. The lowest BCUT2D eigenvalue weighted by Crippen LogP contribution is -1.90. The number of allylic oxidation sites excluding steroid dienone is 2. The maximum Gasteiger partial charge on any atom is 0.0959 e. The monoisotopic (exact) mass is 196 g/mol. The molecule has 2 nitrogen and oxygen atoms in total. The van der Waals surface area contributed by atoms with Crippen molar-refractivity contribution in [1.29, 1.82) is 0 Å². The van der Waals surface area contributed by atoms with Crippen molar-refractivity contribution in [3.63, 3.8) is 0 Å². The van der Waals surface area contributed by atoms with Crippen LogP contribution in [0.4, 0.5) is 0 Å². The number of aryl methyl sites for hydroxylation is 1. The molecule has 0 amide bonds. The number of hydrogen-bond acceptors (Lipinski definition) is 1. The van der Waals surface area contributed by atoms with E-state index >= 15 is 0 Å². The van der Waals surface area contributed by atoms with Gasteiger partial charge in [0.25, 0.3) is 0 Å². The van der Waals surface area contributed by atoms with Crippen LogP contribution in [0.25, 0.3) is 23.2 Å². The maximum absolute atomic E-state index is 4.45. The molecular formula is C13H12N2. The van der Waals surface area contributed by atoms with Gasteiger partial charge in [-0.3, -0.25) is 4.98 Å². The van der Waals surface area contributed by atoms with Crippen LogP contribution in [0.1, 0.15) is 17.7 Å². The highest BCUT2D eigenvalue weighted by molar-refractivity contribution is 5.91. The third kappa shape index (κ3) is 1.14. The van der Waals surface area contributed by atoms with Gasteiger partial charge >= 0.3 is 0 Å². The molecule has 0 radical (unpaired) electrons. The van der Waals surface area contributed by atoms with E-state index in [1.54, 1.807) is 0 Å². The van der Waals surface area contributed by atoms with E-state index < -0.39 is 0 Å². The van der Waals surface area contributed by atoms with Crippen LogP contribution < -0.4 is 0 Å². The van der Waals surface area contributed by atoms with Crippen molar-refractivity contribution in [2.24, 2.45) is 7.05 Å². The molecule has 0 saturated carbocycles. The number of pyridine rings is 1. The van der Waals surface area contributed by atoms with Gasteiger partial charge in [-0.2, -0.15) is 0 Å². The number of fused-ring (bicyclic) bond motifs is 3. The molecule has 2 aromatic rings. The van der Waals surface area contributed by atoms with Gasteiger partial charge < -0.3 is 4.57 Å². The van der Waals surface area contributed by atoms with Crippen molar-refractivity contribution in [3.8, 4) is 0 Å². The lowest BCUT2D eigenvalue weighted by molar-refractivity contribution is 0.952. The normalized spacial score (nSPS) is 14.2. The molecule has 0 fully saturated rings. The van der Waals surface area contributed by atoms with Crippen molar-refractivity contribution < 1.29 is 0 Å². The molecule has 0 bridgehead atoms. The zero-order valence-corrected chi connectivity index (χ0v) is 8.64. The number of hydrogen-bond donors (Lipinski definition) is 0. The van der Waals surface area contributed by atoms with E-state index in [-0.39, 0.29) is 0 Å². The average Bonchev–Trinajstić information content (AvgIpc) is 2.48. The zero-order valence-electron chi connectivity index (χ0n) is 8.64. The second-order valence-electron chi connectivity index (χ2n) is 3.77. The van der Waals surface area contributed by atoms with Gasteiger partial charge in [-0.1, -0.05) is 18.2 Å². The van der Waals surface area contributed by atoms with Crippen molar-refractivity contribution in [3.05, 3.63) is 41.7 Å². The molecule has 3 rings (SSSR count). The Balaban J connectivity index is 2.48. The second kappa shape index (κ2) is 3.09. The molecular weight excluding hydrogens is 184 g/mol. The fraction of sp³-hybridized carbons (Fsp3) is 0.154. The first-order chi connectivity index (χ1) is 7.38. The van der Waals surface area contributed by atoms with Crippen LogP contribution in [0, 0.1) is 0 Å².